The second-order valence-electron chi connectivity index (χ2n) is 13.2. The molecule has 0 bridgehead atoms. The van der Waals surface area contributed by atoms with Gasteiger partial charge in [-0.15, -0.1) is 0 Å². The predicted octanol–water partition coefficient (Wildman–Crippen LogP) is 5.64. The minimum absolute atomic E-state index is 0.182. The molecule has 5 aliphatic rings. The number of nitrogens with zero attached hydrogens (tertiary/aromatic N) is 2. The SMILES string of the molecule is C[C@@H]1CC[C@@H](c2ccoc2)N2C[C@]3(CC[C@@H]12)C[C@]1(CC[C@H]2[C@H](C)CC[C@@H](c4ccoc4)N2[C@@H]1O)C[S@@]3=O. The molecule has 5 saturated heterocycles. The summed E-state index contributed by atoms with van der Waals surface area (Å²) in [5, 5.41) is 12.2. The molecule has 5 aliphatic heterocycles. The second kappa shape index (κ2) is 9.07. The number of aliphatic hydroxyl groups is 1. The summed E-state index contributed by atoms with van der Waals surface area (Å²) in [6.07, 6.45) is 16.4. The Balaban J connectivity index is 1.19. The van der Waals surface area contributed by atoms with Crippen molar-refractivity contribution in [2.24, 2.45) is 17.3 Å². The van der Waals surface area contributed by atoms with Gasteiger partial charge in [-0.3, -0.25) is 14.0 Å². The van der Waals surface area contributed by atoms with Gasteiger partial charge in [0, 0.05) is 63.8 Å². The van der Waals surface area contributed by atoms with Crippen molar-refractivity contribution >= 4 is 10.8 Å². The Kier molecular flexibility index (Phi) is 6.04. The normalized spacial score (nSPS) is 46.8. The minimum Gasteiger partial charge on any atom is -0.472 e. The Hall–Kier alpha value is -1.41. The van der Waals surface area contributed by atoms with Crippen LogP contribution in [0.3, 0.4) is 0 Å². The van der Waals surface area contributed by atoms with E-state index in [9.17, 15) is 9.32 Å². The highest BCUT2D eigenvalue weighted by molar-refractivity contribution is 7.86. The molecule has 0 saturated carbocycles. The summed E-state index contributed by atoms with van der Waals surface area (Å²) in [7, 11) is -0.953. The molecule has 0 amide bonds. The largest absolute Gasteiger partial charge is 0.472 e. The summed E-state index contributed by atoms with van der Waals surface area (Å²) in [6, 6.07) is 5.63. The Bertz CT molecular complexity index is 1120. The lowest BCUT2D eigenvalue weighted by molar-refractivity contribution is -0.182. The van der Waals surface area contributed by atoms with Crippen LogP contribution in [0.15, 0.2) is 46.0 Å². The maximum atomic E-state index is 14.2. The standard InChI is InChI=1S/C30H42N2O4S/c1-20-3-5-26(22-9-13-35-15-22)31-18-30(12-8-24(20)31)17-29(19-37(30)34)11-7-25-21(2)4-6-27(32(25)28(29)33)23-10-14-36-16-23/h9-10,13-16,20-21,24-28,33H,3-8,11-12,17-19H2,1-2H3/t20-,21-,24+,25+,26+,27+,28-,29-,30+,37+/m1/s1. The quantitative estimate of drug-likeness (QED) is 0.546. The van der Waals surface area contributed by atoms with E-state index < -0.39 is 17.0 Å². The molecule has 1 N–H and O–H groups in total. The summed E-state index contributed by atoms with van der Waals surface area (Å²) in [6.45, 7) is 5.62. The summed E-state index contributed by atoms with van der Waals surface area (Å²) in [5.41, 5.74) is 2.14. The number of piperidine rings is 4. The van der Waals surface area contributed by atoms with E-state index in [1.54, 1.807) is 12.5 Å². The van der Waals surface area contributed by atoms with Crippen molar-refractivity contribution in [3.8, 4) is 0 Å². The van der Waals surface area contributed by atoms with Gasteiger partial charge in [-0.2, -0.15) is 0 Å². The molecule has 7 rings (SSSR count). The van der Waals surface area contributed by atoms with Crippen LogP contribution in [0.25, 0.3) is 0 Å². The van der Waals surface area contributed by atoms with Crippen LogP contribution in [0.5, 0.6) is 0 Å². The highest BCUT2D eigenvalue weighted by Crippen LogP contribution is 2.58. The van der Waals surface area contributed by atoms with Crippen molar-refractivity contribution in [3.05, 3.63) is 48.3 Å². The topological polar surface area (TPSA) is 70.1 Å². The molecule has 10 atom stereocenters. The lowest BCUT2D eigenvalue weighted by Crippen LogP contribution is -2.62. The smallest absolute Gasteiger partial charge is 0.114 e. The van der Waals surface area contributed by atoms with Crippen molar-refractivity contribution < 1.29 is 18.1 Å². The molecule has 6 nitrogen and oxygen atoms in total. The van der Waals surface area contributed by atoms with Crippen molar-refractivity contribution in [2.45, 2.75) is 107 Å². The highest BCUT2D eigenvalue weighted by Gasteiger charge is 2.63. The van der Waals surface area contributed by atoms with Gasteiger partial charge in [0.1, 0.15) is 6.23 Å². The van der Waals surface area contributed by atoms with Crippen LogP contribution < -0.4 is 0 Å². The predicted molar refractivity (Wildman–Crippen MR) is 143 cm³/mol. The van der Waals surface area contributed by atoms with Gasteiger partial charge in [0.15, 0.2) is 0 Å². The van der Waals surface area contributed by atoms with Gasteiger partial charge in [0.2, 0.25) is 0 Å². The third kappa shape index (κ3) is 3.78. The summed E-state index contributed by atoms with van der Waals surface area (Å²) < 4.78 is 24.9. The van der Waals surface area contributed by atoms with Crippen molar-refractivity contribution in [1.29, 1.82) is 0 Å². The molecule has 2 aromatic rings. The molecular weight excluding hydrogens is 484 g/mol. The van der Waals surface area contributed by atoms with Crippen molar-refractivity contribution in [3.63, 3.8) is 0 Å². The third-order valence-electron chi connectivity index (χ3n) is 11.2. The fraction of sp³-hybridized carbons (Fsp3) is 0.733. The molecule has 2 aromatic heterocycles. The molecule has 37 heavy (non-hydrogen) atoms. The Morgan fingerprint density at radius 1 is 0.892 bits per heavy atom. The molecule has 5 fully saturated rings. The molecular formula is C30H42N2O4S. The van der Waals surface area contributed by atoms with Gasteiger partial charge >= 0.3 is 0 Å². The molecule has 0 unspecified atom stereocenters. The van der Waals surface area contributed by atoms with E-state index in [-0.39, 0.29) is 16.2 Å². The molecule has 202 valence electrons. The van der Waals surface area contributed by atoms with Gasteiger partial charge in [0.25, 0.3) is 0 Å². The molecule has 7 heterocycles. The van der Waals surface area contributed by atoms with Crippen LogP contribution in [0, 0.1) is 17.3 Å². The van der Waals surface area contributed by atoms with Crippen LogP contribution in [0.2, 0.25) is 0 Å². The van der Waals surface area contributed by atoms with E-state index in [4.69, 9.17) is 8.83 Å². The van der Waals surface area contributed by atoms with E-state index in [0.29, 0.717) is 35.7 Å². The molecule has 2 spiro atoms. The van der Waals surface area contributed by atoms with Gasteiger partial charge in [-0.05, 0) is 81.8 Å². The Morgan fingerprint density at radius 3 is 2.24 bits per heavy atom. The second-order valence-corrected chi connectivity index (χ2v) is 15.0. The first-order valence-corrected chi connectivity index (χ1v) is 15.9. The molecule has 0 aromatic carbocycles. The Morgan fingerprint density at radius 2 is 1.54 bits per heavy atom. The summed E-state index contributed by atoms with van der Waals surface area (Å²) in [5.74, 6) is 1.86. The number of rotatable bonds is 2. The number of hydrogen-bond donors (Lipinski definition) is 1. The van der Waals surface area contributed by atoms with Crippen LogP contribution in [-0.2, 0) is 10.8 Å². The zero-order valence-electron chi connectivity index (χ0n) is 22.3. The monoisotopic (exact) mass is 526 g/mol. The maximum Gasteiger partial charge on any atom is 0.114 e. The van der Waals surface area contributed by atoms with Gasteiger partial charge in [0.05, 0.1) is 29.8 Å². The van der Waals surface area contributed by atoms with Crippen molar-refractivity contribution in [2.75, 3.05) is 12.3 Å². The third-order valence-corrected chi connectivity index (χ3v) is 13.5. The number of aliphatic hydroxyl groups excluding tert-OH is 1. The number of fused-ring (bicyclic) bond motifs is 2. The molecule has 7 heteroatoms. The first-order chi connectivity index (χ1) is 17.9. The fourth-order valence-corrected chi connectivity index (χ4v) is 11.6. The van der Waals surface area contributed by atoms with Crippen LogP contribution >= 0.6 is 0 Å². The van der Waals surface area contributed by atoms with Crippen LogP contribution in [-0.4, -0.2) is 54.5 Å². The van der Waals surface area contributed by atoms with E-state index >= 15 is 0 Å². The number of hydrogen-bond acceptors (Lipinski definition) is 6. The van der Waals surface area contributed by atoms with Crippen LogP contribution in [0.4, 0.5) is 0 Å². The van der Waals surface area contributed by atoms with Gasteiger partial charge in [-0.25, -0.2) is 0 Å². The minimum atomic E-state index is -0.953. The molecule has 0 aliphatic carbocycles. The first kappa shape index (κ1) is 24.6. The maximum absolute atomic E-state index is 14.2. The zero-order valence-corrected chi connectivity index (χ0v) is 23.1. The summed E-state index contributed by atoms with van der Waals surface area (Å²) >= 11 is 0. The highest BCUT2D eigenvalue weighted by atomic mass is 32.2. The van der Waals surface area contributed by atoms with Crippen LogP contribution in [0.1, 0.15) is 94.8 Å². The van der Waals surface area contributed by atoms with E-state index in [1.807, 2.05) is 12.5 Å². The van der Waals surface area contributed by atoms with E-state index in [1.165, 1.54) is 24.0 Å². The van der Waals surface area contributed by atoms with Gasteiger partial charge < -0.3 is 13.9 Å². The van der Waals surface area contributed by atoms with E-state index in [2.05, 4.69) is 35.8 Å². The van der Waals surface area contributed by atoms with Crippen molar-refractivity contribution in [1.82, 2.24) is 9.80 Å². The lowest BCUT2D eigenvalue weighted by atomic mass is 9.66. The lowest BCUT2D eigenvalue weighted by Gasteiger charge is -2.57. The first-order valence-electron chi connectivity index (χ1n) is 14.5. The summed E-state index contributed by atoms with van der Waals surface area (Å²) in [4.78, 5) is 5.11. The van der Waals surface area contributed by atoms with Gasteiger partial charge in [-0.1, -0.05) is 13.8 Å². The molecule has 0 radical (unpaired) electrons. The fourth-order valence-electron chi connectivity index (χ4n) is 9.26. The zero-order chi connectivity index (χ0) is 25.4. The average Bonchev–Trinajstić information content (AvgIpc) is 3.65. The average molecular weight is 527 g/mol. The van der Waals surface area contributed by atoms with E-state index in [0.717, 1.165) is 51.5 Å². The number of furan rings is 2. The Labute approximate surface area is 223 Å².